The van der Waals surface area contributed by atoms with E-state index in [1.807, 2.05) is 51.2 Å². The first-order chi connectivity index (χ1) is 9.56. The molecule has 4 heteroatoms. The third-order valence-corrected chi connectivity index (χ3v) is 4.01. The zero-order valence-electron chi connectivity index (χ0n) is 12.2. The number of aromatic nitrogens is 1. The van der Waals surface area contributed by atoms with E-state index in [9.17, 15) is 4.79 Å². The molecule has 1 unspecified atom stereocenters. The van der Waals surface area contributed by atoms with Crippen LogP contribution in [-0.4, -0.2) is 29.3 Å². The summed E-state index contributed by atoms with van der Waals surface area (Å²) in [6, 6.07) is 9.49. The predicted octanol–water partition coefficient (Wildman–Crippen LogP) is 3.40. The minimum Gasteiger partial charge on any atom is -0.300 e. The Balaban J connectivity index is 1.90. The summed E-state index contributed by atoms with van der Waals surface area (Å²) in [4.78, 5) is 18.9. The van der Waals surface area contributed by atoms with Crippen molar-refractivity contribution < 1.29 is 4.79 Å². The third kappa shape index (κ3) is 3.99. The van der Waals surface area contributed by atoms with E-state index in [4.69, 9.17) is 0 Å². The Kier molecular flexibility index (Phi) is 5.04. The average Bonchev–Trinajstić information content (AvgIpc) is 2.84. The number of ketones is 1. The molecule has 0 radical (unpaired) electrons. The Morgan fingerprint density at radius 3 is 2.65 bits per heavy atom. The van der Waals surface area contributed by atoms with Crippen molar-refractivity contribution in [3.05, 3.63) is 52.0 Å². The van der Waals surface area contributed by atoms with Gasteiger partial charge in [-0.25, -0.2) is 4.98 Å². The Bertz CT molecular complexity index is 565. The molecule has 0 saturated heterocycles. The van der Waals surface area contributed by atoms with Crippen LogP contribution in [0.1, 0.15) is 28.0 Å². The molecule has 0 saturated carbocycles. The summed E-state index contributed by atoms with van der Waals surface area (Å²) in [5.41, 5.74) is 1.87. The molecule has 2 rings (SSSR count). The van der Waals surface area contributed by atoms with Crippen molar-refractivity contribution in [3.8, 4) is 0 Å². The van der Waals surface area contributed by atoms with Gasteiger partial charge in [0.25, 0.3) is 0 Å². The molecule has 0 aliphatic heterocycles. The molecule has 0 bridgehead atoms. The maximum absolute atomic E-state index is 12.3. The summed E-state index contributed by atoms with van der Waals surface area (Å²) in [6.45, 7) is 5.52. The van der Waals surface area contributed by atoms with Crippen LogP contribution >= 0.6 is 11.3 Å². The molecule has 0 N–H and O–H groups in total. The van der Waals surface area contributed by atoms with Crippen LogP contribution in [0.2, 0.25) is 0 Å². The molecule has 0 amide bonds. The highest BCUT2D eigenvalue weighted by Crippen LogP contribution is 2.13. The van der Waals surface area contributed by atoms with Crippen LogP contribution in [0.5, 0.6) is 0 Å². The van der Waals surface area contributed by atoms with Crippen molar-refractivity contribution in [2.24, 2.45) is 5.92 Å². The maximum Gasteiger partial charge on any atom is 0.166 e. The van der Waals surface area contributed by atoms with Gasteiger partial charge in [0, 0.05) is 30.0 Å². The topological polar surface area (TPSA) is 33.2 Å². The highest BCUT2D eigenvalue weighted by Gasteiger charge is 2.17. The summed E-state index contributed by atoms with van der Waals surface area (Å²) < 4.78 is 0. The molecule has 3 nitrogen and oxygen atoms in total. The van der Waals surface area contributed by atoms with Crippen LogP contribution < -0.4 is 0 Å². The number of hydrogen-bond donors (Lipinski definition) is 0. The molecule has 1 heterocycles. The molecule has 106 valence electrons. The fourth-order valence-electron chi connectivity index (χ4n) is 2.26. The monoisotopic (exact) mass is 288 g/mol. The highest BCUT2D eigenvalue weighted by molar-refractivity contribution is 7.09. The van der Waals surface area contributed by atoms with E-state index in [2.05, 4.69) is 15.3 Å². The molecule has 1 aromatic heterocycles. The fraction of sp³-hybridized carbons (Fsp3) is 0.375. The molecule has 2 aromatic rings. The smallest absolute Gasteiger partial charge is 0.166 e. The van der Waals surface area contributed by atoms with E-state index < -0.39 is 0 Å². The second kappa shape index (κ2) is 6.77. The van der Waals surface area contributed by atoms with Crippen molar-refractivity contribution in [2.45, 2.75) is 20.4 Å². The van der Waals surface area contributed by atoms with Crippen LogP contribution in [0, 0.1) is 12.8 Å². The largest absolute Gasteiger partial charge is 0.300 e. The van der Waals surface area contributed by atoms with E-state index in [0.717, 1.165) is 29.4 Å². The summed E-state index contributed by atoms with van der Waals surface area (Å²) in [7, 11) is 2.03. The number of benzene rings is 1. The predicted molar refractivity (Wildman–Crippen MR) is 83.1 cm³/mol. The number of carbonyl (C=O) groups excluding carboxylic acids is 1. The van der Waals surface area contributed by atoms with Gasteiger partial charge in [-0.3, -0.25) is 9.69 Å². The van der Waals surface area contributed by atoms with Crippen LogP contribution in [0.15, 0.2) is 35.7 Å². The van der Waals surface area contributed by atoms with Crippen LogP contribution in [0.25, 0.3) is 0 Å². The Hall–Kier alpha value is -1.52. The van der Waals surface area contributed by atoms with Crippen molar-refractivity contribution in [3.63, 3.8) is 0 Å². The van der Waals surface area contributed by atoms with E-state index >= 15 is 0 Å². The van der Waals surface area contributed by atoms with Crippen molar-refractivity contribution in [1.82, 2.24) is 9.88 Å². The Morgan fingerprint density at radius 2 is 2.05 bits per heavy atom. The first-order valence-corrected chi connectivity index (χ1v) is 7.63. The number of rotatable bonds is 6. The highest BCUT2D eigenvalue weighted by atomic mass is 32.1. The summed E-state index contributed by atoms with van der Waals surface area (Å²) in [5.74, 6) is 0.189. The van der Waals surface area contributed by atoms with Gasteiger partial charge in [-0.15, -0.1) is 11.3 Å². The second-order valence-electron chi connectivity index (χ2n) is 5.19. The molecule has 1 aromatic carbocycles. The second-order valence-corrected chi connectivity index (χ2v) is 6.25. The molecule has 1 atom stereocenters. The Morgan fingerprint density at radius 1 is 1.35 bits per heavy atom. The molecular formula is C16H20N2OS. The fourth-order valence-corrected chi connectivity index (χ4v) is 2.86. The number of thiazole rings is 1. The number of aryl methyl sites for hydroxylation is 1. The summed E-state index contributed by atoms with van der Waals surface area (Å²) in [5, 5.41) is 3.16. The van der Waals surface area contributed by atoms with Crippen LogP contribution in [0.4, 0.5) is 0 Å². The number of nitrogens with zero attached hydrogens (tertiary/aromatic N) is 2. The van der Waals surface area contributed by atoms with Crippen molar-refractivity contribution >= 4 is 17.1 Å². The zero-order chi connectivity index (χ0) is 14.5. The van der Waals surface area contributed by atoms with Gasteiger partial charge in [0.15, 0.2) is 5.78 Å². The number of Topliss-reactive ketones (excluding diaryl/α,β-unsaturated/α-hetero) is 1. The van der Waals surface area contributed by atoms with Crippen LogP contribution in [-0.2, 0) is 6.54 Å². The summed E-state index contributed by atoms with van der Waals surface area (Å²) in [6.07, 6.45) is 0. The van der Waals surface area contributed by atoms with E-state index in [-0.39, 0.29) is 11.7 Å². The lowest BCUT2D eigenvalue weighted by molar-refractivity contribution is 0.0900. The lowest BCUT2D eigenvalue weighted by Crippen LogP contribution is -2.28. The lowest BCUT2D eigenvalue weighted by atomic mass is 9.99. The summed E-state index contributed by atoms with van der Waals surface area (Å²) >= 11 is 1.66. The number of hydrogen-bond acceptors (Lipinski definition) is 4. The molecule has 0 aliphatic rings. The van der Waals surface area contributed by atoms with E-state index in [1.165, 1.54) is 0 Å². The van der Waals surface area contributed by atoms with Gasteiger partial charge in [0.2, 0.25) is 0 Å². The van der Waals surface area contributed by atoms with E-state index in [0.29, 0.717) is 0 Å². The van der Waals surface area contributed by atoms with E-state index in [1.54, 1.807) is 11.3 Å². The van der Waals surface area contributed by atoms with Gasteiger partial charge < -0.3 is 0 Å². The number of carbonyl (C=O) groups is 1. The van der Waals surface area contributed by atoms with Gasteiger partial charge >= 0.3 is 0 Å². The average molecular weight is 288 g/mol. The van der Waals surface area contributed by atoms with Gasteiger partial charge in [0.05, 0.1) is 10.7 Å². The minimum atomic E-state index is -0.0119. The molecular weight excluding hydrogens is 268 g/mol. The van der Waals surface area contributed by atoms with Gasteiger partial charge in [-0.1, -0.05) is 37.3 Å². The molecule has 20 heavy (non-hydrogen) atoms. The Labute approximate surface area is 124 Å². The normalized spacial score (nSPS) is 12.6. The first-order valence-electron chi connectivity index (χ1n) is 6.75. The minimum absolute atomic E-state index is 0.0119. The lowest BCUT2D eigenvalue weighted by Gasteiger charge is -2.19. The zero-order valence-corrected chi connectivity index (χ0v) is 13.0. The molecule has 0 aliphatic carbocycles. The van der Waals surface area contributed by atoms with Crippen molar-refractivity contribution in [1.29, 1.82) is 0 Å². The van der Waals surface area contributed by atoms with Gasteiger partial charge in [-0.2, -0.15) is 0 Å². The maximum atomic E-state index is 12.3. The van der Waals surface area contributed by atoms with Crippen LogP contribution in [0.3, 0.4) is 0 Å². The standard InChI is InChI=1S/C16H20N2OS/c1-12(16(19)14-7-5-4-6-8-14)9-18(3)10-15-11-20-13(2)17-15/h4-8,11-12H,9-10H2,1-3H3. The quantitative estimate of drug-likeness (QED) is 0.764. The van der Waals surface area contributed by atoms with Gasteiger partial charge in [0.1, 0.15) is 0 Å². The SMILES string of the molecule is Cc1nc(CN(C)CC(C)C(=O)c2ccccc2)cs1. The molecule has 0 fully saturated rings. The van der Waals surface area contributed by atoms with Crippen molar-refractivity contribution in [2.75, 3.05) is 13.6 Å². The first kappa shape index (κ1) is 14.9. The third-order valence-electron chi connectivity index (χ3n) is 3.19. The molecule has 0 spiro atoms. The van der Waals surface area contributed by atoms with Gasteiger partial charge in [-0.05, 0) is 14.0 Å².